The van der Waals surface area contributed by atoms with E-state index in [-0.39, 0.29) is 6.04 Å². The van der Waals surface area contributed by atoms with Crippen molar-refractivity contribution in [2.75, 3.05) is 20.1 Å². The minimum atomic E-state index is -1.62. The van der Waals surface area contributed by atoms with Crippen molar-refractivity contribution in [2.24, 2.45) is 0 Å². The topological polar surface area (TPSA) is 32.3 Å². The first-order valence-corrected chi connectivity index (χ1v) is 5.62. The third-order valence-corrected chi connectivity index (χ3v) is 3.01. The minimum absolute atomic E-state index is 0.0879. The van der Waals surface area contributed by atoms with Crippen LogP contribution in [0.3, 0.4) is 0 Å². The van der Waals surface area contributed by atoms with Crippen LogP contribution in [0.1, 0.15) is 16.8 Å². The van der Waals surface area contributed by atoms with E-state index in [0.29, 0.717) is 6.54 Å². The highest BCUT2D eigenvalue weighted by atomic mass is 19.2. The summed E-state index contributed by atoms with van der Waals surface area (Å²) in [7, 11) is 1.91. The molecular weight excluding hydrogens is 245 g/mol. The molecule has 0 spiro atoms. The average Bonchev–Trinajstić information content (AvgIpc) is 2.71. The molecule has 0 aromatic heterocycles. The molecule has 1 aromatic carbocycles. The van der Waals surface area contributed by atoms with E-state index in [2.05, 4.69) is 5.32 Å². The lowest BCUT2D eigenvalue weighted by molar-refractivity contribution is 0.0933. The summed E-state index contributed by atoms with van der Waals surface area (Å²) < 4.78 is 39.1. The minimum Gasteiger partial charge on any atom is -0.348 e. The molecule has 1 amide bonds. The van der Waals surface area contributed by atoms with E-state index < -0.39 is 28.9 Å². The van der Waals surface area contributed by atoms with Gasteiger partial charge in [0.1, 0.15) is 0 Å². The van der Waals surface area contributed by atoms with E-state index in [1.807, 2.05) is 11.9 Å². The predicted octanol–water partition coefficient (Wildman–Crippen LogP) is 1.54. The number of halogens is 3. The Labute approximate surface area is 103 Å². The van der Waals surface area contributed by atoms with Crippen molar-refractivity contribution in [2.45, 2.75) is 12.5 Å². The van der Waals surface area contributed by atoms with Gasteiger partial charge in [-0.05, 0) is 32.1 Å². The van der Waals surface area contributed by atoms with Crippen molar-refractivity contribution in [3.63, 3.8) is 0 Å². The molecule has 1 unspecified atom stereocenters. The molecule has 0 aliphatic carbocycles. The number of nitrogens with zero attached hydrogens (tertiary/aromatic N) is 1. The standard InChI is InChI=1S/C12H13F3N2O/c1-17-5-4-7(6-17)16-12(18)8-2-3-9(13)11(15)10(8)14/h2-3,7H,4-6H2,1H3,(H,16,18). The molecule has 1 fully saturated rings. The van der Waals surface area contributed by atoms with Gasteiger partial charge in [-0.1, -0.05) is 0 Å². The number of benzene rings is 1. The molecule has 18 heavy (non-hydrogen) atoms. The second-order valence-electron chi connectivity index (χ2n) is 4.44. The second kappa shape index (κ2) is 4.97. The van der Waals surface area contributed by atoms with Gasteiger partial charge in [0, 0.05) is 12.6 Å². The third-order valence-electron chi connectivity index (χ3n) is 3.01. The number of carbonyl (C=O) groups is 1. The summed E-state index contributed by atoms with van der Waals surface area (Å²) in [5.41, 5.74) is -0.469. The summed E-state index contributed by atoms with van der Waals surface area (Å²) in [5.74, 6) is -5.08. The number of hydrogen-bond acceptors (Lipinski definition) is 2. The number of hydrogen-bond donors (Lipinski definition) is 1. The maximum Gasteiger partial charge on any atom is 0.254 e. The molecule has 6 heteroatoms. The van der Waals surface area contributed by atoms with Crippen molar-refractivity contribution in [1.82, 2.24) is 10.2 Å². The molecule has 1 heterocycles. The van der Waals surface area contributed by atoms with Gasteiger partial charge >= 0.3 is 0 Å². The van der Waals surface area contributed by atoms with E-state index in [1.54, 1.807) is 0 Å². The Hall–Kier alpha value is -1.56. The molecule has 0 saturated carbocycles. The summed E-state index contributed by atoms with van der Waals surface area (Å²) in [6.07, 6.45) is 0.757. The molecule has 98 valence electrons. The SMILES string of the molecule is CN1CCC(NC(=O)c2ccc(F)c(F)c2F)C1. The van der Waals surface area contributed by atoms with Crippen molar-refractivity contribution in [3.05, 3.63) is 35.1 Å². The third kappa shape index (κ3) is 2.48. The molecule has 1 aromatic rings. The summed E-state index contributed by atoms with van der Waals surface area (Å²) in [4.78, 5) is 13.8. The Kier molecular flexibility index (Phi) is 3.56. The number of rotatable bonds is 2. The van der Waals surface area contributed by atoms with Crippen LogP contribution in [0.5, 0.6) is 0 Å². The molecule has 1 atom stereocenters. The fraction of sp³-hybridized carbons (Fsp3) is 0.417. The monoisotopic (exact) mass is 258 g/mol. The van der Waals surface area contributed by atoms with Gasteiger partial charge in [0.2, 0.25) is 0 Å². The highest BCUT2D eigenvalue weighted by molar-refractivity contribution is 5.94. The molecule has 1 aliphatic heterocycles. The molecule has 0 radical (unpaired) electrons. The number of likely N-dealkylation sites (tertiary alicyclic amines) is 1. The normalized spacial score (nSPS) is 20.1. The lowest BCUT2D eigenvalue weighted by Crippen LogP contribution is -2.37. The Balaban J connectivity index is 2.12. The van der Waals surface area contributed by atoms with Crippen LogP contribution in [0.4, 0.5) is 13.2 Å². The lowest BCUT2D eigenvalue weighted by atomic mass is 10.1. The van der Waals surface area contributed by atoms with E-state index in [4.69, 9.17) is 0 Å². The van der Waals surface area contributed by atoms with Crippen LogP contribution >= 0.6 is 0 Å². The second-order valence-corrected chi connectivity index (χ2v) is 4.44. The van der Waals surface area contributed by atoms with Crippen molar-refractivity contribution >= 4 is 5.91 Å². The van der Waals surface area contributed by atoms with Crippen molar-refractivity contribution in [1.29, 1.82) is 0 Å². The zero-order valence-electron chi connectivity index (χ0n) is 9.84. The first-order valence-electron chi connectivity index (χ1n) is 5.62. The number of amides is 1. The van der Waals surface area contributed by atoms with E-state index in [1.165, 1.54) is 0 Å². The van der Waals surface area contributed by atoms with Crippen LogP contribution in [-0.2, 0) is 0 Å². The van der Waals surface area contributed by atoms with Crippen molar-refractivity contribution < 1.29 is 18.0 Å². The first-order chi connectivity index (χ1) is 8.49. The Morgan fingerprint density at radius 1 is 1.33 bits per heavy atom. The van der Waals surface area contributed by atoms with Crippen LogP contribution in [0.2, 0.25) is 0 Å². The fourth-order valence-corrected chi connectivity index (χ4v) is 2.02. The highest BCUT2D eigenvalue weighted by Crippen LogP contribution is 2.16. The van der Waals surface area contributed by atoms with Gasteiger partial charge in [-0.3, -0.25) is 4.79 Å². The van der Waals surface area contributed by atoms with Gasteiger partial charge < -0.3 is 10.2 Å². The first kappa shape index (κ1) is 12.9. The summed E-state index contributed by atoms with van der Waals surface area (Å²) in [6, 6.07) is 1.60. The number of carbonyl (C=O) groups excluding carboxylic acids is 1. The molecule has 2 rings (SSSR count). The van der Waals surface area contributed by atoms with Gasteiger partial charge in [-0.15, -0.1) is 0 Å². The predicted molar refractivity (Wildman–Crippen MR) is 59.7 cm³/mol. The number of nitrogens with one attached hydrogen (secondary N) is 1. The molecule has 1 aliphatic rings. The van der Waals surface area contributed by atoms with Gasteiger partial charge in [0.05, 0.1) is 5.56 Å². The van der Waals surface area contributed by atoms with Crippen LogP contribution in [-0.4, -0.2) is 37.0 Å². The zero-order chi connectivity index (χ0) is 13.3. The summed E-state index contributed by atoms with van der Waals surface area (Å²) in [5, 5.41) is 2.60. The van der Waals surface area contributed by atoms with Gasteiger partial charge in [0.15, 0.2) is 17.5 Å². The van der Waals surface area contributed by atoms with E-state index >= 15 is 0 Å². The number of likely N-dealkylation sites (N-methyl/N-ethyl adjacent to an activating group) is 1. The average molecular weight is 258 g/mol. The van der Waals surface area contributed by atoms with E-state index in [0.717, 1.165) is 25.1 Å². The molecule has 1 saturated heterocycles. The Bertz CT molecular complexity index is 479. The molecule has 3 nitrogen and oxygen atoms in total. The summed E-state index contributed by atoms with van der Waals surface area (Å²) in [6.45, 7) is 1.50. The fourth-order valence-electron chi connectivity index (χ4n) is 2.02. The van der Waals surface area contributed by atoms with Gasteiger partial charge in [-0.25, -0.2) is 13.2 Å². The Morgan fingerprint density at radius 2 is 2.06 bits per heavy atom. The van der Waals surface area contributed by atoms with Crippen LogP contribution in [0.15, 0.2) is 12.1 Å². The summed E-state index contributed by atoms with van der Waals surface area (Å²) >= 11 is 0. The van der Waals surface area contributed by atoms with Crippen LogP contribution < -0.4 is 5.32 Å². The van der Waals surface area contributed by atoms with E-state index in [9.17, 15) is 18.0 Å². The van der Waals surface area contributed by atoms with Gasteiger partial charge in [-0.2, -0.15) is 0 Å². The van der Waals surface area contributed by atoms with Crippen LogP contribution in [0.25, 0.3) is 0 Å². The maximum absolute atomic E-state index is 13.4. The van der Waals surface area contributed by atoms with Crippen LogP contribution in [0, 0.1) is 17.5 Å². The highest BCUT2D eigenvalue weighted by Gasteiger charge is 2.24. The molecular formula is C12H13F3N2O. The largest absolute Gasteiger partial charge is 0.348 e. The van der Waals surface area contributed by atoms with Crippen molar-refractivity contribution in [3.8, 4) is 0 Å². The smallest absolute Gasteiger partial charge is 0.254 e. The zero-order valence-corrected chi connectivity index (χ0v) is 9.84. The lowest BCUT2D eigenvalue weighted by Gasteiger charge is -2.13. The Morgan fingerprint density at radius 3 is 2.67 bits per heavy atom. The molecule has 0 bridgehead atoms. The van der Waals surface area contributed by atoms with Gasteiger partial charge in [0.25, 0.3) is 5.91 Å². The molecule has 1 N–H and O–H groups in total. The quantitative estimate of drug-likeness (QED) is 0.816. The maximum atomic E-state index is 13.4.